The fourth-order valence-corrected chi connectivity index (χ4v) is 5.20. The maximum Gasteiger partial charge on any atom is 0.0515 e. The number of anilines is 3. The first-order valence-electron chi connectivity index (χ1n) is 13.1. The molecule has 2 nitrogen and oxygen atoms in total. The molecule has 0 amide bonds. The van der Waals surface area contributed by atoms with Gasteiger partial charge in [0.15, 0.2) is 0 Å². The summed E-state index contributed by atoms with van der Waals surface area (Å²) in [5.41, 5.74) is 12.6. The Balaban J connectivity index is 1.82. The molecule has 0 radical (unpaired) electrons. The van der Waals surface area contributed by atoms with Gasteiger partial charge >= 0.3 is 0 Å². The molecule has 182 valence electrons. The maximum atomic E-state index is 7.09. The van der Waals surface area contributed by atoms with Gasteiger partial charge in [0.25, 0.3) is 0 Å². The SMILES string of the molecule is CCC(N)(CC)c1ccc(C(C)C)cc1N(c1ccc2ccccc2c1)c1ccc2ccccc2c1. The van der Waals surface area contributed by atoms with Gasteiger partial charge in [0, 0.05) is 16.9 Å². The number of nitrogens with zero attached hydrogens (tertiary/aromatic N) is 1. The lowest BCUT2D eigenvalue weighted by Crippen LogP contribution is -2.36. The molecule has 36 heavy (non-hydrogen) atoms. The third-order valence-corrected chi connectivity index (χ3v) is 7.71. The van der Waals surface area contributed by atoms with E-state index in [0.29, 0.717) is 5.92 Å². The highest BCUT2D eigenvalue weighted by molar-refractivity contribution is 5.93. The smallest absolute Gasteiger partial charge is 0.0515 e. The van der Waals surface area contributed by atoms with Gasteiger partial charge in [0.1, 0.15) is 0 Å². The van der Waals surface area contributed by atoms with Crippen LogP contribution in [0.15, 0.2) is 103 Å². The van der Waals surface area contributed by atoms with Crippen LogP contribution in [-0.2, 0) is 5.54 Å². The lowest BCUT2D eigenvalue weighted by atomic mass is 9.83. The molecule has 5 aromatic rings. The van der Waals surface area contributed by atoms with E-state index in [4.69, 9.17) is 5.73 Å². The lowest BCUT2D eigenvalue weighted by Gasteiger charge is -2.35. The Bertz CT molecular complexity index is 1430. The molecule has 5 rings (SSSR count). The van der Waals surface area contributed by atoms with Crippen molar-refractivity contribution in [3.05, 3.63) is 114 Å². The number of rotatable bonds is 7. The van der Waals surface area contributed by atoms with E-state index in [0.717, 1.165) is 29.9 Å². The number of nitrogens with two attached hydrogens (primary N) is 1. The second kappa shape index (κ2) is 9.79. The highest BCUT2D eigenvalue weighted by atomic mass is 15.1. The van der Waals surface area contributed by atoms with E-state index in [1.807, 2.05) is 0 Å². The zero-order valence-electron chi connectivity index (χ0n) is 21.8. The van der Waals surface area contributed by atoms with Crippen molar-refractivity contribution >= 4 is 38.6 Å². The summed E-state index contributed by atoms with van der Waals surface area (Å²) in [6.45, 7) is 8.90. The Kier molecular flexibility index (Phi) is 6.55. The third kappa shape index (κ3) is 4.38. The fourth-order valence-electron chi connectivity index (χ4n) is 5.20. The molecule has 0 spiro atoms. The monoisotopic (exact) mass is 472 g/mol. The maximum absolute atomic E-state index is 7.09. The molecular formula is C34H36N2. The topological polar surface area (TPSA) is 29.3 Å². The molecule has 0 aliphatic heterocycles. The van der Waals surface area contributed by atoms with E-state index in [2.05, 4.69) is 136 Å². The fraction of sp³-hybridized carbons (Fsp3) is 0.235. The summed E-state index contributed by atoms with van der Waals surface area (Å²) in [6, 6.07) is 37.5. The number of hydrogen-bond acceptors (Lipinski definition) is 2. The standard InChI is InChI=1S/C34H36N2/c1-5-34(35,6-2)32-20-17-27(24(3)4)23-33(32)36(30-18-15-25-11-7-9-13-28(25)21-30)31-19-16-26-12-8-10-14-29(26)22-31/h7-24H,5-6,35H2,1-4H3. The first-order valence-corrected chi connectivity index (χ1v) is 13.1. The van der Waals surface area contributed by atoms with Gasteiger partial charge in [-0.05, 0) is 81.8 Å². The van der Waals surface area contributed by atoms with Gasteiger partial charge in [-0.3, -0.25) is 0 Å². The van der Waals surface area contributed by atoms with Gasteiger partial charge in [-0.1, -0.05) is 100 Å². The second-order valence-corrected chi connectivity index (χ2v) is 10.2. The number of benzene rings is 5. The van der Waals surface area contributed by atoms with Crippen molar-refractivity contribution in [1.29, 1.82) is 0 Å². The van der Waals surface area contributed by atoms with Gasteiger partial charge in [-0.2, -0.15) is 0 Å². The summed E-state index contributed by atoms with van der Waals surface area (Å²) in [7, 11) is 0. The highest BCUT2D eigenvalue weighted by Gasteiger charge is 2.29. The Morgan fingerprint density at radius 1 is 0.639 bits per heavy atom. The van der Waals surface area contributed by atoms with Crippen LogP contribution in [0.25, 0.3) is 21.5 Å². The summed E-state index contributed by atoms with van der Waals surface area (Å²) in [4.78, 5) is 2.41. The van der Waals surface area contributed by atoms with Crippen LogP contribution in [0.1, 0.15) is 57.6 Å². The van der Waals surface area contributed by atoms with Crippen molar-refractivity contribution in [3.8, 4) is 0 Å². The van der Waals surface area contributed by atoms with Gasteiger partial charge in [0.2, 0.25) is 0 Å². The molecule has 0 aromatic heterocycles. The third-order valence-electron chi connectivity index (χ3n) is 7.71. The van der Waals surface area contributed by atoms with Crippen molar-refractivity contribution < 1.29 is 0 Å². The quantitative estimate of drug-likeness (QED) is 0.255. The summed E-state index contributed by atoms with van der Waals surface area (Å²) < 4.78 is 0. The van der Waals surface area contributed by atoms with Crippen molar-refractivity contribution in [3.63, 3.8) is 0 Å². The molecule has 2 N–H and O–H groups in total. The average Bonchev–Trinajstić information content (AvgIpc) is 2.92. The molecule has 0 heterocycles. The minimum atomic E-state index is -0.406. The zero-order chi connectivity index (χ0) is 25.3. The van der Waals surface area contributed by atoms with Crippen LogP contribution < -0.4 is 10.6 Å². The van der Waals surface area contributed by atoms with Gasteiger partial charge < -0.3 is 10.6 Å². The first-order chi connectivity index (χ1) is 17.4. The predicted octanol–water partition coefficient (Wildman–Crippen LogP) is 9.56. The number of hydrogen-bond donors (Lipinski definition) is 1. The summed E-state index contributed by atoms with van der Waals surface area (Å²) in [6.07, 6.45) is 1.75. The predicted molar refractivity (Wildman–Crippen MR) is 157 cm³/mol. The molecule has 0 atom stereocenters. The van der Waals surface area contributed by atoms with Gasteiger partial charge in [0.05, 0.1) is 5.69 Å². The lowest BCUT2D eigenvalue weighted by molar-refractivity contribution is 0.413. The second-order valence-electron chi connectivity index (χ2n) is 10.2. The van der Waals surface area contributed by atoms with Gasteiger partial charge in [-0.15, -0.1) is 0 Å². The van der Waals surface area contributed by atoms with Crippen molar-refractivity contribution in [1.82, 2.24) is 0 Å². The summed E-state index contributed by atoms with van der Waals surface area (Å²) in [5, 5.41) is 4.94. The molecule has 0 fully saturated rings. The molecule has 0 unspecified atom stereocenters. The summed E-state index contributed by atoms with van der Waals surface area (Å²) in [5.74, 6) is 0.420. The van der Waals surface area contributed by atoms with E-state index in [1.54, 1.807) is 0 Å². The zero-order valence-corrected chi connectivity index (χ0v) is 21.8. The normalized spacial score (nSPS) is 11.9. The van der Waals surface area contributed by atoms with Crippen molar-refractivity contribution in [2.45, 2.75) is 52.0 Å². The Morgan fingerprint density at radius 2 is 1.14 bits per heavy atom. The summed E-state index contributed by atoms with van der Waals surface area (Å²) >= 11 is 0. The molecule has 0 bridgehead atoms. The minimum absolute atomic E-state index is 0.406. The molecule has 0 aliphatic rings. The van der Waals surface area contributed by atoms with E-state index >= 15 is 0 Å². The molecular weight excluding hydrogens is 436 g/mol. The molecule has 0 saturated carbocycles. The molecule has 0 aliphatic carbocycles. The molecule has 2 heteroatoms. The minimum Gasteiger partial charge on any atom is -0.321 e. The van der Waals surface area contributed by atoms with E-state index in [-0.39, 0.29) is 0 Å². The van der Waals surface area contributed by atoms with Crippen LogP contribution in [0.5, 0.6) is 0 Å². The van der Waals surface area contributed by atoms with Crippen LogP contribution in [0.2, 0.25) is 0 Å². The highest BCUT2D eigenvalue weighted by Crippen LogP contribution is 2.44. The van der Waals surface area contributed by atoms with E-state index in [9.17, 15) is 0 Å². The van der Waals surface area contributed by atoms with Crippen molar-refractivity contribution in [2.75, 3.05) is 4.90 Å². The van der Waals surface area contributed by atoms with Crippen LogP contribution in [-0.4, -0.2) is 0 Å². The average molecular weight is 473 g/mol. The van der Waals surface area contributed by atoms with Gasteiger partial charge in [-0.25, -0.2) is 0 Å². The molecule has 5 aromatic carbocycles. The Morgan fingerprint density at radius 3 is 1.61 bits per heavy atom. The van der Waals surface area contributed by atoms with Crippen LogP contribution in [0, 0.1) is 0 Å². The number of fused-ring (bicyclic) bond motifs is 2. The van der Waals surface area contributed by atoms with Crippen LogP contribution in [0.3, 0.4) is 0 Å². The van der Waals surface area contributed by atoms with Crippen LogP contribution in [0.4, 0.5) is 17.1 Å². The Hall–Kier alpha value is -3.62. The van der Waals surface area contributed by atoms with E-state index in [1.165, 1.54) is 32.7 Å². The largest absolute Gasteiger partial charge is 0.321 e. The van der Waals surface area contributed by atoms with Crippen LogP contribution >= 0.6 is 0 Å². The molecule has 0 saturated heterocycles. The van der Waals surface area contributed by atoms with E-state index < -0.39 is 5.54 Å². The Labute approximate surface area is 215 Å². The first kappa shape index (κ1) is 24.1. The van der Waals surface area contributed by atoms with Crippen molar-refractivity contribution in [2.24, 2.45) is 5.73 Å².